The molecule has 0 amide bonds. The second-order valence-corrected chi connectivity index (χ2v) is 6.78. The molecule has 0 saturated heterocycles. The Labute approximate surface area is 181 Å². The summed E-state index contributed by atoms with van der Waals surface area (Å²) in [5, 5.41) is 0. The summed E-state index contributed by atoms with van der Waals surface area (Å²) >= 11 is 2.29. The summed E-state index contributed by atoms with van der Waals surface area (Å²) in [6.07, 6.45) is 4.60. The van der Waals surface area contributed by atoms with Crippen molar-refractivity contribution in [3.05, 3.63) is 92.9 Å². The van der Waals surface area contributed by atoms with E-state index in [4.69, 9.17) is 0 Å². The van der Waals surface area contributed by atoms with Crippen LogP contribution >= 0.6 is 0 Å². The molecular weight excluding hydrogens is 406 g/mol. The number of benzene rings is 2. The second kappa shape index (κ2) is 10.6. The first kappa shape index (κ1) is 24.5. The number of hydrogen-bond donors (Lipinski definition) is 0. The van der Waals surface area contributed by atoms with Gasteiger partial charge in [0.25, 0.3) is 0 Å². The molecule has 0 nitrogen and oxygen atoms in total. The van der Waals surface area contributed by atoms with Crippen LogP contribution in [0.5, 0.6) is 0 Å². The fourth-order valence-electron chi connectivity index (χ4n) is 3.46. The van der Waals surface area contributed by atoms with Gasteiger partial charge in [-0.05, 0) is 0 Å². The van der Waals surface area contributed by atoms with E-state index in [-0.39, 0.29) is 42.6 Å². The molecule has 0 heterocycles. The molecule has 0 radical (unpaired) electrons. The average Bonchev–Trinajstić information content (AvgIpc) is 2.97. The second-order valence-electron chi connectivity index (χ2n) is 6.00. The third-order valence-electron chi connectivity index (χ3n) is 4.86. The Bertz CT molecular complexity index is 682. The van der Waals surface area contributed by atoms with Gasteiger partial charge < -0.3 is 37.2 Å². The van der Waals surface area contributed by atoms with Crippen molar-refractivity contribution in [2.45, 2.75) is 32.1 Å². The monoisotopic (exact) mass is 426 g/mol. The minimum Gasteiger partial charge on any atom is -1.00 e. The van der Waals surface area contributed by atoms with E-state index in [1.807, 2.05) is 0 Å². The largest absolute Gasteiger partial charge is 1.00 e. The van der Waals surface area contributed by atoms with Crippen LogP contribution in [0.3, 0.4) is 0 Å². The van der Waals surface area contributed by atoms with Gasteiger partial charge in [-0.1, -0.05) is 0 Å². The normalized spacial score (nSPS) is 13.4. The third kappa shape index (κ3) is 4.62. The summed E-state index contributed by atoms with van der Waals surface area (Å²) in [7, 11) is 0. The molecule has 0 fully saturated rings. The summed E-state index contributed by atoms with van der Waals surface area (Å²) < 4.78 is 1.48. The van der Waals surface area contributed by atoms with Gasteiger partial charge in [-0.15, -0.1) is 0 Å². The van der Waals surface area contributed by atoms with Crippen LogP contribution in [0.2, 0.25) is 0 Å². The van der Waals surface area contributed by atoms with E-state index in [2.05, 4.69) is 101 Å². The minimum absolute atomic E-state index is 0. The molecule has 0 saturated carbocycles. The fourth-order valence-corrected chi connectivity index (χ4v) is 4.44. The van der Waals surface area contributed by atoms with Crippen molar-refractivity contribution < 1.29 is 57.7 Å². The first-order chi connectivity index (χ1) is 10.7. The van der Waals surface area contributed by atoms with Crippen molar-refractivity contribution in [1.29, 1.82) is 0 Å². The summed E-state index contributed by atoms with van der Waals surface area (Å²) in [6, 6.07) is 21.8. The van der Waals surface area contributed by atoms with E-state index >= 15 is 0 Å². The smallest absolute Gasteiger partial charge is 1.00 e. The molecule has 0 spiro atoms. The van der Waals surface area contributed by atoms with Crippen LogP contribution in [-0.4, -0.2) is 0 Å². The SMILES string of the molecule is CCC1=CCC(C(C)(c2ccccc2)c2ccccc2)=[C]1[Ti+3].[Cl-].[Cl-].[Cl-]. The molecular formula is C21H21Cl3Ti. The van der Waals surface area contributed by atoms with Gasteiger partial charge in [0.1, 0.15) is 0 Å². The summed E-state index contributed by atoms with van der Waals surface area (Å²) in [5.74, 6) is 0. The first-order valence-electron chi connectivity index (χ1n) is 7.93. The van der Waals surface area contributed by atoms with Gasteiger partial charge in [-0.3, -0.25) is 0 Å². The standard InChI is InChI=1S/C21H21.3ClH.Ti/c1-3-17-14-15-20(16-17)21(2,18-10-6-4-7-11-18)19-12-8-5-9-13-19;;;;/h4-14H,3,15H2,1-2H3;3*1H;/q;;;;+3/p-3. The van der Waals surface area contributed by atoms with E-state index in [9.17, 15) is 0 Å². The molecule has 0 aliphatic heterocycles. The van der Waals surface area contributed by atoms with Crippen molar-refractivity contribution in [1.82, 2.24) is 0 Å². The van der Waals surface area contributed by atoms with E-state index in [1.54, 1.807) is 5.57 Å². The molecule has 1 aliphatic carbocycles. The van der Waals surface area contributed by atoms with Gasteiger partial charge in [0.05, 0.1) is 0 Å². The molecule has 0 unspecified atom stereocenters. The van der Waals surface area contributed by atoms with Crippen LogP contribution in [0.25, 0.3) is 0 Å². The number of rotatable bonds is 4. The van der Waals surface area contributed by atoms with Crippen LogP contribution in [0, 0.1) is 0 Å². The summed E-state index contributed by atoms with van der Waals surface area (Å²) in [5.41, 5.74) is 5.75. The van der Waals surface area contributed by atoms with Crippen molar-refractivity contribution in [2.75, 3.05) is 0 Å². The molecule has 2 aromatic carbocycles. The Morgan fingerprint density at radius 1 is 0.840 bits per heavy atom. The van der Waals surface area contributed by atoms with Crippen LogP contribution in [0.4, 0.5) is 0 Å². The number of halogens is 3. The van der Waals surface area contributed by atoms with Gasteiger partial charge in [0.15, 0.2) is 0 Å². The van der Waals surface area contributed by atoms with Crippen molar-refractivity contribution in [3.8, 4) is 0 Å². The molecule has 130 valence electrons. The molecule has 4 heteroatoms. The van der Waals surface area contributed by atoms with E-state index in [0.717, 1.165) is 12.8 Å². The third-order valence-corrected chi connectivity index (χ3v) is 5.83. The summed E-state index contributed by atoms with van der Waals surface area (Å²) in [6.45, 7) is 4.63. The predicted octanol–water partition coefficient (Wildman–Crippen LogP) is -3.45. The van der Waals surface area contributed by atoms with Gasteiger partial charge in [0, 0.05) is 0 Å². The maximum atomic E-state index is 2.41. The van der Waals surface area contributed by atoms with Gasteiger partial charge in [-0.25, -0.2) is 0 Å². The topological polar surface area (TPSA) is 0 Å². The van der Waals surface area contributed by atoms with Crippen LogP contribution in [0.15, 0.2) is 81.8 Å². The first-order valence-corrected chi connectivity index (χ1v) is 8.71. The van der Waals surface area contributed by atoms with Gasteiger partial charge in [-0.2, -0.15) is 0 Å². The zero-order chi connectivity index (χ0) is 15.6. The Kier molecular flexibility index (Phi) is 10.4. The molecule has 0 aromatic heterocycles. The van der Waals surface area contributed by atoms with Gasteiger partial charge in [0.2, 0.25) is 0 Å². The van der Waals surface area contributed by atoms with Crippen LogP contribution in [-0.2, 0) is 25.9 Å². The maximum absolute atomic E-state index is 2.41. The van der Waals surface area contributed by atoms with Crippen LogP contribution < -0.4 is 37.2 Å². The molecule has 0 bridgehead atoms. The predicted molar refractivity (Wildman–Crippen MR) is 89.4 cm³/mol. The van der Waals surface area contributed by atoms with E-state index < -0.39 is 0 Å². The number of hydrogen-bond acceptors (Lipinski definition) is 0. The zero-order valence-corrected chi connectivity index (χ0v) is 18.2. The van der Waals surface area contributed by atoms with Crippen LogP contribution in [0.1, 0.15) is 37.8 Å². The Morgan fingerprint density at radius 3 is 1.64 bits per heavy atom. The molecule has 2 aromatic rings. The number of allylic oxidation sites excluding steroid dienone is 4. The Balaban J connectivity index is 0.00000192. The van der Waals surface area contributed by atoms with Crippen molar-refractivity contribution in [3.63, 3.8) is 0 Å². The van der Waals surface area contributed by atoms with E-state index in [0.29, 0.717) is 0 Å². The molecule has 3 rings (SSSR count). The van der Waals surface area contributed by atoms with Gasteiger partial charge >= 0.3 is 145 Å². The maximum Gasteiger partial charge on any atom is -1.00 e. The molecule has 0 atom stereocenters. The average molecular weight is 428 g/mol. The van der Waals surface area contributed by atoms with Crippen molar-refractivity contribution in [2.24, 2.45) is 0 Å². The molecule has 25 heavy (non-hydrogen) atoms. The molecule has 1 aliphatic rings. The zero-order valence-electron chi connectivity index (χ0n) is 14.4. The molecule has 0 N–H and O–H groups in total. The summed E-state index contributed by atoms with van der Waals surface area (Å²) in [4.78, 5) is 0. The Morgan fingerprint density at radius 2 is 1.28 bits per heavy atom. The van der Waals surface area contributed by atoms with Crippen molar-refractivity contribution >= 4 is 0 Å². The fraction of sp³-hybridized carbons (Fsp3) is 0.238. The minimum atomic E-state index is -0.0555. The van der Waals surface area contributed by atoms with E-state index in [1.165, 1.54) is 20.6 Å². The Hall–Kier alpha value is -0.496. The quantitative estimate of drug-likeness (QED) is 0.445.